The Morgan fingerprint density at radius 3 is 2.12 bits per heavy atom. The highest BCUT2D eigenvalue weighted by Gasteiger charge is 2.34. The molecule has 0 heterocycles. The highest BCUT2D eigenvalue weighted by atomic mass is 35.5. The van der Waals surface area contributed by atoms with Gasteiger partial charge in [-0.3, -0.25) is 9.59 Å². The number of Topliss-reactive ketones (excluding diaryl/α,β-unsaturated/α-hetero) is 1. The van der Waals surface area contributed by atoms with Crippen LogP contribution in [0.2, 0.25) is 10.0 Å². The minimum absolute atomic E-state index is 0.131. The summed E-state index contributed by atoms with van der Waals surface area (Å²) in [5.74, 6) is -1.18. The van der Waals surface area contributed by atoms with Gasteiger partial charge in [0.15, 0.2) is 5.78 Å². The number of thioether (sulfide) groups is 1. The molecule has 3 nitrogen and oxygen atoms in total. The molecule has 0 fully saturated rings. The minimum atomic E-state index is -0.782. The van der Waals surface area contributed by atoms with E-state index in [1.807, 2.05) is 98.1 Å². The lowest BCUT2D eigenvalue weighted by Gasteiger charge is -2.29. The molecule has 2 atom stereocenters. The van der Waals surface area contributed by atoms with Gasteiger partial charge in [-0.15, -0.1) is 11.8 Å². The summed E-state index contributed by atoms with van der Waals surface area (Å²) >= 11 is 14.4. The molecule has 0 saturated carbocycles. The van der Waals surface area contributed by atoms with E-state index in [4.69, 9.17) is 23.2 Å². The van der Waals surface area contributed by atoms with Gasteiger partial charge in [0.2, 0.25) is 0 Å². The van der Waals surface area contributed by atoms with Crippen molar-refractivity contribution in [1.82, 2.24) is 5.32 Å². The fraction of sp³-hybridized carbons (Fsp3) is 0.118. The summed E-state index contributed by atoms with van der Waals surface area (Å²) in [5, 5.41) is 5.93. The first kappa shape index (κ1) is 28.0. The van der Waals surface area contributed by atoms with Crippen molar-refractivity contribution in [2.75, 3.05) is 6.26 Å². The highest BCUT2D eigenvalue weighted by Crippen LogP contribution is 2.39. The van der Waals surface area contributed by atoms with Crippen LogP contribution in [-0.4, -0.2) is 17.9 Å². The summed E-state index contributed by atoms with van der Waals surface area (Å²) in [6.07, 6.45) is 1.99. The van der Waals surface area contributed by atoms with Crippen molar-refractivity contribution in [3.8, 4) is 0 Å². The third-order valence-corrected chi connectivity index (χ3v) is 8.53. The van der Waals surface area contributed by atoms with Gasteiger partial charge in [-0.1, -0.05) is 102 Å². The summed E-state index contributed by atoms with van der Waals surface area (Å²) in [4.78, 5) is 29.2. The van der Waals surface area contributed by atoms with Crippen LogP contribution in [0.15, 0.2) is 114 Å². The Morgan fingerprint density at radius 2 is 1.43 bits per heavy atom. The first-order valence-electron chi connectivity index (χ1n) is 12.8. The Labute approximate surface area is 248 Å². The van der Waals surface area contributed by atoms with Crippen molar-refractivity contribution >= 4 is 57.4 Å². The van der Waals surface area contributed by atoms with E-state index in [2.05, 4.69) is 5.32 Å². The molecule has 0 aliphatic rings. The molecule has 0 radical (unpaired) electrons. The number of ketones is 1. The van der Waals surface area contributed by atoms with Crippen molar-refractivity contribution in [3.63, 3.8) is 0 Å². The number of benzene rings is 5. The second-order valence-electron chi connectivity index (χ2n) is 9.63. The van der Waals surface area contributed by atoms with Gasteiger partial charge in [0.05, 0.1) is 22.0 Å². The third-order valence-electron chi connectivity index (χ3n) is 7.05. The number of aryl methyl sites for hydroxylation is 1. The van der Waals surface area contributed by atoms with E-state index in [-0.39, 0.29) is 11.7 Å². The standard InChI is InChI=1S/C34H27Cl2NO2S/c1-21-10-12-24(13-11-21)34(39)37-32(28-9-5-7-22-6-3-4-8-27(22)28)31(25-16-19-29(35)30(36)20-25)33(38)23-14-17-26(40-2)18-15-23/h3-20,31-32H,1-2H3,(H,37,39). The summed E-state index contributed by atoms with van der Waals surface area (Å²) < 4.78 is 0. The minimum Gasteiger partial charge on any atom is -0.344 e. The maximum Gasteiger partial charge on any atom is 0.251 e. The quantitative estimate of drug-likeness (QED) is 0.146. The van der Waals surface area contributed by atoms with Gasteiger partial charge in [0.25, 0.3) is 5.91 Å². The van der Waals surface area contributed by atoms with Crippen LogP contribution in [0.4, 0.5) is 0 Å². The number of nitrogens with one attached hydrogen (secondary N) is 1. The first-order valence-corrected chi connectivity index (χ1v) is 14.8. The van der Waals surface area contributed by atoms with Gasteiger partial charge in [0.1, 0.15) is 0 Å². The van der Waals surface area contributed by atoms with Crippen molar-refractivity contribution in [3.05, 3.63) is 147 Å². The molecule has 5 aromatic rings. The van der Waals surface area contributed by atoms with E-state index in [9.17, 15) is 9.59 Å². The lowest BCUT2D eigenvalue weighted by atomic mass is 9.80. The number of hydrogen-bond acceptors (Lipinski definition) is 3. The summed E-state index contributed by atoms with van der Waals surface area (Å²) in [6.45, 7) is 1.97. The molecule has 5 rings (SSSR count). The van der Waals surface area contributed by atoms with E-state index in [1.54, 1.807) is 36.0 Å². The van der Waals surface area contributed by atoms with Crippen LogP contribution in [-0.2, 0) is 0 Å². The average Bonchev–Trinajstić information content (AvgIpc) is 2.98. The Hall–Kier alpha value is -3.57. The zero-order valence-electron chi connectivity index (χ0n) is 22.0. The molecule has 0 bridgehead atoms. The van der Waals surface area contributed by atoms with E-state index >= 15 is 0 Å². The average molecular weight is 585 g/mol. The van der Waals surface area contributed by atoms with Gasteiger partial charge in [-0.25, -0.2) is 0 Å². The molecule has 1 N–H and O–H groups in total. The molecule has 0 aliphatic heterocycles. The van der Waals surface area contributed by atoms with Crippen LogP contribution in [0.1, 0.15) is 49.4 Å². The molecule has 200 valence electrons. The largest absolute Gasteiger partial charge is 0.344 e. The van der Waals surface area contributed by atoms with E-state index in [1.165, 1.54) is 0 Å². The fourth-order valence-corrected chi connectivity index (χ4v) is 5.64. The zero-order valence-corrected chi connectivity index (χ0v) is 24.4. The molecule has 0 spiro atoms. The predicted molar refractivity (Wildman–Crippen MR) is 167 cm³/mol. The lowest BCUT2D eigenvalue weighted by molar-refractivity contribution is 0.0892. The third kappa shape index (κ3) is 5.95. The number of hydrogen-bond donors (Lipinski definition) is 1. The smallest absolute Gasteiger partial charge is 0.251 e. The normalized spacial score (nSPS) is 12.6. The van der Waals surface area contributed by atoms with Crippen LogP contribution in [0.3, 0.4) is 0 Å². The molecule has 5 aromatic carbocycles. The monoisotopic (exact) mass is 583 g/mol. The Balaban J connectivity index is 1.71. The Morgan fingerprint density at radius 1 is 0.750 bits per heavy atom. The van der Waals surface area contributed by atoms with Gasteiger partial charge in [-0.2, -0.15) is 0 Å². The van der Waals surface area contributed by atoms with Gasteiger partial charge >= 0.3 is 0 Å². The van der Waals surface area contributed by atoms with Crippen molar-refractivity contribution in [2.24, 2.45) is 0 Å². The number of halogens is 2. The molecule has 6 heteroatoms. The predicted octanol–water partition coefficient (Wildman–Crippen LogP) is 9.31. The lowest BCUT2D eigenvalue weighted by Crippen LogP contribution is -2.36. The number of fused-ring (bicyclic) bond motifs is 1. The summed E-state index contributed by atoms with van der Waals surface area (Å²) in [6, 6.07) is 33.3. The molecule has 0 aliphatic carbocycles. The number of rotatable bonds is 8. The van der Waals surface area contributed by atoms with Gasteiger partial charge < -0.3 is 5.32 Å². The molecule has 1 amide bonds. The first-order chi connectivity index (χ1) is 19.4. The van der Waals surface area contributed by atoms with Crippen LogP contribution in [0.5, 0.6) is 0 Å². The summed E-state index contributed by atoms with van der Waals surface area (Å²) in [5.41, 5.74) is 3.61. The molecule has 0 saturated heterocycles. The molecule has 40 heavy (non-hydrogen) atoms. The van der Waals surface area contributed by atoms with E-state index in [0.29, 0.717) is 26.7 Å². The van der Waals surface area contributed by atoms with Crippen molar-refractivity contribution in [2.45, 2.75) is 23.8 Å². The fourth-order valence-electron chi connectivity index (χ4n) is 4.93. The van der Waals surface area contributed by atoms with Crippen molar-refractivity contribution < 1.29 is 9.59 Å². The van der Waals surface area contributed by atoms with Gasteiger partial charge in [0, 0.05) is 16.0 Å². The van der Waals surface area contributed by atoms with Crippen molar-refractivity contribution in [1.29, 1.82) is 0 Å². The van der Waals surface area contributed by atoms with Gasteiger partial charge in [-0.05, 0) is 71.5 Å². The van der Waals surface area contributed by atoms with Crippen LogP contribution in [0, 0.1) is 6.92 Å². The number of amides is 1. The van der Waals surface area contributed by atoms with Crippen LogP contribution in [0.25, 0.3) is 10.8 Å². The number of carbonyl (C=O) groups excluding carboxylic acids is 2. The topological polar surface area (TPSA) is 46.2 Å². The Kier molecular flexibility index (Phi) is 8.60. The second kappa shape index (κ2) is 12.3. The molecule has 2 unspecified atom stereocenters. The SMILES string of the molecule is CSc1ccc(C(=O)C(c2ccc(Cl)c(Cl)c2)C(NC(=O)c2ccc(C)cc2)c2cccc3ccccc23)cc1. The van der Waals surface area contributed by atoms with Crippen LogP contribution < -0.4 is 5.32 Å². The van der Waals surface area contributed by atoms with E-state index in [0.717, 1.165) is 26.8 Å². The highest BCUT2D eigenvalue weighted by molar-refractivity contribution is 7.98. The summed E-state index contributed by atoms with van der Waals surface area (Å²) in [7, 11) is 0. The molecule has 0 aromatic heterocycles. The number of carbonyl (C=O) groups is 2. The maximum absolute atomic E-state index is 14.4. The molecular formula is C34H27Cl2NO2S. The molecular weight excluding hydrogens is 557 g/mol. The van der Waals surface area contributed by atoms with Crippen LogP contribution >= 0.6 is 35.0 Å². The maximum atomic E-state index is 14.4. The second-order valence-corrected chi connectivity index (χ2v) is 11.3. The van der Waals surface area contributed by atoms with E-state index < -0.39 is 12.0 Å². The Bertz CT molecular complexity index is 1680. The zero-order chi connectivity index (χ0) is 28.2.